The van der Waals surface area contributed by atoms with Crippen LogP contribution in [0.15, 0.2) is 46.8 Å². The van der Waals surface area contributed by atoms with Gasteiger partial charge in [0.1, 0.15) is 11.1 Å². The third-order valence-electron chi connectivity index (χ3n) is 4.14. The molecule has 7 heteroatoms. The smallest absolute Gasteiger partial charge is 0.239 e. The third-order valence-corrected chi connectivity index (χ3v) is 6.25. The van der Waals surface area contributed by atoms with Gasteiger partial charge < -0.3 is 5.32 Å². The lowest BCUT2D eigenvalue weighted by Gasteiger charge is -2.15. The molecule has 0 aliphatic carbocycles. The summed E-state index contributed by atoms with van der Waals surface area (Å²) in [6.07, 6.45) is 0.618. The molecule has 2 heterocycles. The fourth-order valence-corrected chi connectivity index (χ4v) is 4.59. The first-order valence-corrected chi connectivity index (χ1v) is 10.6. The summed E-state index contributed by atoms with van der Waals surface area (Å²) >= 11 is 2.73. The topological polar surface area (TPSA) is 78.7 Å². The number of pyridine rings is 1. The molecule has 0 aliphatic heterocycles. The molecule has 1 N–H and O–H groups in total. The average Bonchev–Trinajstić information content (AvgIpc) is 3.14. The van der Waals surface area contributed by atoms with Gasteiger partial charge in [-0.15, -0.1) is 11.3 Å². The molecular formula is C21H20N4OS2. The second kappa shape index (κ2) is 9.00. The van der Waals surface area contributed by atoms with Crippen molar-refractivity contribution in [2.24, 2.45) is 0 Å². The van der Waals surface area contributed by atoms with Crippen molar-refractivity contribution in [2.75, 3.05) is 5.32 Å². The number of aromatic nitrogens is 2. The number of rotatable bonds is 6. The third kappa shape index (κ3) is 4.58. The lowest BCUT2D eigenvalue weighted by molar-refractivity contribution is -0.115. The Labute approximate surface area is 172 Å². The van der Waals surface area contributed by atoms with E-state index in [4.69, 9.17) is 0 Å². The molecule has 5 nitrogen and oxygen atoms in total. The lowest BCUT2D eigenvalue weighted by atomic mass is 10.1. The second-order valence-electron chi connectivity index (χ2n) is 6.28. The summed E-state index contributed by atoms with van der Waals surface area (Å²) in [5, 5.41) is 15.1. The van der Waals surface area contributed by atoms with E-state index in [1.807, 2.05) is 62.5 Å². The highest BCUT2D eigenvalue weighted by Crippen LogP contribution is 2.30. The molecule has 3 aromatic rings. The molecule has 1 amide bonds. The summed E-state index contributed by atoms with van der Waals surface area (Å²) in [5.74, 6) is -0.133. The molecule has 1 unspecified atom stereocenters. The van der Waals surface area contributed by atoms with Crippen LogP contribution in [0.2, 0.25) is 0 Å². The van der Waals surface area contributed by atoms with Gasteiger partial charge in [-0.1, -0.05) is 49.0 Å². The molecule has 0 saturated carbocycles. The van der Waals surface area contributed by atoms with Crippen molar-refractivity contribution in [1.82, 2.24) is 9.97 Å². The highest BCUT2D eigenvalue weighted by atomic mass is 32.2. The number of nitrogens with zero attached hydrogens (tertiary/aromatic N) is 3. The van der Waals surface area contributed by atoms with E-state index < -0.39 is 0 Å². The number of carbonyl (C=O) groups is 1. The molecule has 2 aromatic heterocycles. The summed E-state index contributed by atoms with van der Waals surface area (Å²) in [5.41, 5.74) is 4.09. The minimum Gasteiger partial charge on any atom is -0.301 e. The zero-order chi connectivity index (χ0) is 20.1. The molecule has 3 rings (SSSR count). The van der Waals surface area contributed by atoms with Crippen molar-refractivity contribution in [3.05, 3.63) is 58.6 Å². The van der Waals surface area contributed by atoms with E-state index in [2.05, 4.69) is 21.4 Å². The Bertz CT molecular complexity index is 1020. The van der Waals surface area contributed by atoms with Crippen molar-refractivity contribution in [1.29, 1.82) is 5.26 Å². The van der Waals surface area contributed by atoms with Crippen molar-refractivity contribution in [2.45, 2.75) is 37.5 Å². The monoisotopic (exact) mass is 408 g/mol. The van der Waals surface area contributed by atoms with E-state index in [1.165, 1.54) is 23.1 Å². The summed E-state index contributed by atoms with van der Waals surface area (Å²) in [6, 6.07) is 13.9. The first kappa shape index (κ1) is 20.1. The summed E-state index contributed by atoms with van der Waals surface area (Å²) in [4.78, 5) is 21.8. The van der Waals surface area contributed by atoms with Gasteiger partial charge in [-0.2, -0.15) is 5.26 Å². The zero-order valence-electron chi connectivity index (χ0n) is 15.9. The van der Waals surface area contributed by atoms with E-state index in [9.17, 15) is 10.1 Å². The van der Waals surface area contributed by atoms with E-state index in [0.29, 0.717) is 22.1 Å². The number of carbonyl (C=O) groups excluding carboxylic acids is 1. The van der Waals surface area contributed by atoms with E-state index in [0.717, 1.165) is 22.5 Å². The van der Waals surface area contributed by atoms with E-state index in [1.54, 1.807) is 0 Å². The number of thioether (sulfide) groups is 1. The van der Waals surface area contributed by atoms with Crippen molar-refractivity contribution in [3.8, 4) is 17.3 Å². The summed E-state index contributed by atoms with van der Waals surface area (Å²) in [7, 11) is 0. The second-order valence-corrected chi connectivity index (χ2v) is 8.33. The Morgan fingerprint density at radius 2 is 2.04 bits per heavy atom. The largest absolute Gasteiger partial charge is 0.301 e. The molecule has 1 atom stereocenters. The van der Waals surface area contributed by atoms with Crippen LogP contribution in [0.1, 0.15) is 30.2 Å². The molecule has 0 radical (unpaired) electrons. The maximum atomic E-state index is 12.8. The van der Waals surface area contributed by atoms with Crippen molar-refractivity contribution in [3.63, 3.8) is 0 Å². The number of thiazole rings is 1. The van der Waals surface area contributed by atoms with Crippen molar-refractivity contribution < 1.29 is 4.79 Å². The zero-order valence-corrected chi connectivity index (χ0v) is 17.5. The molecule has 0 fully saturated rings. The van der Waals surface area contributed by atoms with Crippen LogP contribution in [-0.2, 0) is 4.79 Å². The number of benzene rings is 1. The predicted octanol–water partition coefficient (Wildman–Crippen LogP) is 5.20. The Morgan fingerprint density at radius 3 is 2.71 bits per heavy atom. The molecule has 0 bridgehead atoms. The van der Waals surface area contributed by atoms with Crippen LogP contribution in [0, 0.1) is 25.2 Å². The Kier molecular flexibility index (Phi) is 6.45. The minimum atomic E-state index is -0.357. The van der Waals surface area contributed by atoms with Crippen LogP contribution < -0.4 is 5.32 Å². The number of nitriles is 1. The lowest BCUT2D eigenvalue weighted by Crippen LogP contribution is -2.24. The van der Waals surface area contributed by atoms with Crippen LogP contribution >= 0.6 is 23.1 Å². The van der Waals surface area contributed by atoms with Gasteiger partial charge in [0.2, 0.25) is 5.91 Å². The Balaban J connectivity index is 1.75. The molecule has 142 valence electrons. The van der Waals surface area contributed by atoms with Crippen LogP contribution in [0.5, 0.6) is 0 Å². The molecule has 1 aromatic carbocycles. The summed E-state index contributed by atoms with van der Waals surface area (Å²) in [6.45, 7) is 5.72. The van der Waals surface area contributed by atoms with Gasteiger partial charge in [-0.05, 0) is 31.9 Å². The average molecular weight is 409 g/mol. The van der Waals surface area contributed by atoms with Gasteiger partial charge >= 0.3 is 0 Å². The normalized spacial score (nSPS) is 11.6. The number of nitrogens with one attached hydrogen (secondary N) is 1. The van der Waals surface area contributed by atoms with Gasteiger partial charge in [0.25, 0.3) is 0 Å². The highest BCUT2D eigenvalue weighted by Gasteiger charge is 2.22. The van der Waals surface area contributed by atoms with E-state index >= 15 is 0 Å². The number of hydrogen-bond donors (Lipinski definition) is 1. The van der Waals surface area contributed by atoms with E-state index in [-0.39, 0.29) is 11.2 Å². The predicted molar refractivity (Wildman–Crippen MR) is 115 cm³/mol. The summed E-state index contributed by atoms with van der Waals surface area (Å²) < 4.78 is 0. The van der Waals surface area contributed by atoms with Crippen molar-refractivity contribution >= 4 is 34.1 Å². The van der Waals surface area contributed by atoms with Crippen LogP contribution in [0.25, 0.3) is 11.3 Å². The van der Waals surface area contributed by atoms with Crippen LogP contribution in [0.3, 0.4) is 0 Å². The Morgan fingerprint density at radius 1 is 1.29 bits per heavy atom. The molecular weight excluding hydrogens is 388 g/mol. The van der Waals surface area contributed by atoms with Gasteiger partial charge in [0, 0.05) is 16.6 Å². The first-order valence-electron chi connectivity index (χ1n) is 8.88. The van der Waals surface area contributed by atoms with Crippen LogP contribution in [0.4, 0.5) is 5.13 Å². The van der Waals surface area contributed by atoms with Gasteiger partial charge in [0.05, 0.1) is 16.5 Å². The SMILES string of the molecule is CCC(Sc1nc(C)cc(C)c1C#N)C(=O)Nc1nc(-c2ccccc2)cs1. The fourth-order valence-electron chi connectivity index (χ4n) is 2.74. The van der Waals surface area contributed by atoms with Gasteiger partial charge in [-0.3, -0.25) is 4.79 Å². The van der Waals surface area contributed by atoms with Gasteiger partial charge in [-0.25, -0.2) is 9.97 Å². The minimum absolute atomic E-state index is 0.133. The fraction of sp³-hybridized carbons (Fsp3) is 0.238. The van der Waals surface area contributed by atoms with Gasteiger partial charge in [0.15, 0.2) is 5.13 Å². The Hall–Kier alpha value is -2.69. The number of hydrogen-bond acceptors (Lipinski definition) is 6. The number of anilines is 1. The molecule has 0 saturated heterocycles. The standard InChI is InChI=1S/C21H20N4OS2/c1-4-18(28-20-16(11-22)13(2)10-14(3)23-20)19(26)25-21-24-17(12-27-21)15-8-6-5-7-9-15/h5-10,12,18H,4H2,1-3H3,(H,24,25,26). The maximum absolute atomic E-state index is 12.8. The molecule has 0 aliphatic rings. The maximum Gasteiger partial charge on any atom is 0.239 e. The highest BCUT2D eigenvalue weighted by molar-refractivity contribution is 8.00. The number of amides is 1. The molecule has 0 spiro atoms. The van der Waals surface area contributed by atoms with Crippen LogP contribution in [-0.4, -0.2) is 21.1 Å². The number of aryl methyl sites for hydroxylation is 2. The first-order chi connectivity index (χ1) is 13.5. The quantitative estimate of drug-likeness (QED) is 0.567. The molecule has 28 heavy (non-hydrogen) atoms.